The molecule has 0 aromatic heterocycles. The SMILES string of the molecule is CNC(=O)CCCCCNC(C)=O. The fraction of sp³-hybridized carbons (Fsp3) is 0.778. The normalized spacial score (nSPS) is 9.38. The van der Waals surface area contributed by atoms with Crippen molar-refractivity contribution in [3.05, 3.63) is 0 Å². The van der Waals surface area contributed by atoms with Crippen LogP contribution >= 0.6 is 0 Å². The van der Waals surface area contributed by atoms with E-state index in [4.69, 9.17) is 0 Å². The number of hydrogen-bond acceptors (Lipinski definition) is 2. The molecule has 0 aliphatic heterocycles. The molecule has 0 aliphatic rings. The summed E-state index contributed by atoms with van der Waals surface area (Å²) in [5, 5.41) is 5.27. The Hall–Kier alpha value is -1.06. The molecule has 13 heavy (non-hydrogen) atoms. The minimum atomic E-state index is 0.00583. The molecule has 0 unspecified atom stereocenters. The van der Waals surface area contributed by atoms with Crippen molar-refractivity contribution in [3.8, 4) is 0 Å². The maximum atomic E-state index is 10.8. The number of carbonyl (C=O) groups excluding carboxylic acids is 2. The summed E-state index contributed by atoms with van der Waals surface area (Å²) in [6.07, 6.45) is 3.39. The largest absolute Gasteiger partial charge is 0.359 e. The Bertz CT molecular complexity index is 169. The third-order valence-electron chi connectivity index (χ3n) is 1.73. The van der Waals surface area contributed by atoms with Crippen LogP contribution in [0.1, 0.15) is 32.6 Å². The first kappa shape index (κ1) is 11.9. The van der Waals surface area contributed by atoms with E-state index in [0.29, 0.717) is 13.0 Å². The van der Waals surface area contributed by atoms with Crippen LogP contribution in [-0.2, 0) is 9.59 Å². The molecular weight excluding hydrogens is 168 g/mol. The van der Waals surface area contributed by atoms with Gasteiger partial charge in [-0.1, -0.05) is 6.42 Å². The molecule has 0 radical (unpaired) electrons. The van der Waals surface area contributed by atoms with Gasteiger partial charge in [-0.3, -0.25) is 9.59 Å². The second-order valence-electron chi connectivity index (χ2n) is 2.97. The minimum Gasteiger partial charge on any atom is -0.359 e. The molecule has 0 spiro atoms. The molecule has 0 aromatic rings. The first-order valence-corrected chi connectivity index (χ1v) is 4.62. The molecule has 2 N–H and O–H groups in total. The fourth-order valence-corrected chi connectivity index (χ4v) is 0.977. The van der Waals surface area contributed by atoms with Gasteiger partial charge in [0.15, 0.2) is 0 Å². The molecule has 0 fully saturated rings. The van der Waals surface area contributed by atoms with E-state index in [1.165, 1.54) is 6.92 Å². The maximum absolute atomic E-state index is 10.8. The van der Waals surface area contributed by atoms with Gasteiger partial charge in [-0.05, 0) is 12.8 Å². The Morgan fingerprint density at radius 3 is 2.38 bits per heavy atom. The zero-order valence-electron chi connectivity index (χ0n) is 8.35. The van der Waals surface area contributed by atoms with Crippen molar-refractivity contribution >= 4 is 11.8 Å². The predicted molar refractivity (Wildman–Crippen MR) is 51.2 cm³/mol. The highest BCUT2D eigenvalue weighted by molar-refractivity contribution is 5.75. The lowest BCUT2D eigenvalue weighted by Gasteiger charge is -2.01. The smallest absolute Gasteiger partial charge is 0.219 e. The van der Waals surface area contributed by atoms with E-state index in [1.807, 2.05) is 0 Å². The first-order valence-electron chi connectivity index (χ1n) is 4.62. The van der Waals surface area contributed by atoms with Crippen molar-refractivity contribution in [2.75, 3.05) is 13.6 Å². The number of rotatable bonds is 6. The minimum absolute atomic E-state index is 0.00583. The van der Waals surface area contributed by atoms with E-state index in [0.717, 1.165) is 19.3 Å². The second kappa shape index (κ2) is 7.58. The summed E-state index contributed by atoms with van der Waals surface area (Å²) >= 11 is 0. The van der Waals surface area contributed by atoms with E-state index in [1.54, 1.807) is 7.05 Å². The van der Waals surface area contributed by atoms with Gasteiger partial charge in [-0.15, -0.1) is 0 Å². The zero-order valence-corrected chi connectivity index (χ0v) is 8.35. The summed E-state index contributed by atoms with van der Waals surface area (Å²) in [6, 6.07) is 0. The lowest BCUT2D eigenvalue weighted by Crippen LogP contribution is -2.21. The fourth-order valence-electron chi connectivity index (χ4n) is 0.977. The van der Waals surface area contributed by atoms with Crippen molar-refractivity contribution in [1.29, 1.82) is 0 Å². The molecule has 4 nitrogen and oxygen atoms in total. The number of amides is 2. The Morgan fingerprint density at radius 1 is 1.15 bits per heavy atom. The molecule has 0 aromatic carbocycles. The Kier molecular flexibility index (Phi) is 6.96. The molecule has 0 saturated carbocycles. The summed E-state index contributed by atoms with van der Waals surface area (Å²) in [7, 11) is 1.64. The highest BCUT2D eigenvalue weighted by Crippen LogP contribution is 1.98. The topological polar surface area (TPSA) is 58.2 Å². The average molecular weight is 186 g/mol. The van der Waals surface area contributed by atoms with Crippen LogP contribution in [0.5, 0.6) is 0 Å². The van der Waals surface area contributed by atoms with Gasteiger partial charge in [0.2, 0.25) is 11.8 Å². The van der Waals surface area contributed by atoms with Gasteiger partial charge in [0.05, 0.1) is 0 Å². The molecule has 0 heterocycles. The average Bonchev–Trinajstić information content (AvgIpc) is 2.10. The number of carbonyl (C=O) groups is 2. The molecule has 76 valence electrons. The van der Waals surface area contributed by atoms with Gasteiger partial charge in [-0.25, -0.2) is 0 Å². The third-order valence-corrected chi connectivity index (χ3v) is 1.73. The first-order chi connectivity index (χ1) is 6.16. The van der Waals surface area contributed by atoms with Gasteiger partial charge >= 0.3 is 0 Å². The van der Waals surface area contributed by atoms with Crippen molar-refractivity contribution in [1.82, 2.24) is 10.6 Å². The summed E-state index contributed by atoms with van der Waals surface area (Å²) in [4.78, 5) is 21.2. The molecule has 4 heteroatoms. The van der Waals surface area contributed by atoms with Gasteiger partial charge in [-0.2, -0.15) is 0 Å². The van der Waals surface area contributed by atoms with Crippen LogP contribution in [-0.4, -0.2) is 25.4 Å². The van der Waals surface area contributed by atoms with Crippen LogP contribution < -0.4 is 10.6 Å². The van der Waals surface area contributed by atoms with E-state index < -0.39 is 0 Å². The molecule has 0 atom stereocenters. The maximum Gasteiger partial charge on any atom is 0.219 e. The Labute approximate surface area is 79.1 Å². The molecule has 0 aliphatic carbocycles. The second-order valence-corrected chi connectivity index (χ2v) is 2.97. The van der Waals surface area contributed by atoms with Gasteiger partial charge in [0.25, 0.3) is 0 Å². The van der Waals surface area contributed by atoms with Crippen LogP contribution in [0, 0.1) is 0 Å². The van der Waals surface area contributed by atoms with E-state index in [-0.39, 0.29) is 11.8 Å². The Morgan fingerprint density at radius 2 is 1.85 bits per heavy atom. The Balaban J connectivity index is 3.08. The quantitative estimate of drug-likeness (QED) is 0.591. The van der Waals surface area contributed by atoms with Crippen LogP contribution in [0.4, 0.5) is 0 Å². The van der Waals surface area contributed by atoms with Crippen molar-refractivity contribution in [2.24, 2.45) is 0 Å². The predicted octanol–water partition coefficient (Wildman–Crippen LogP) is 0.429. The molecule has 0 bridgehead atoms. The van der Waals surface area contributed by atoms with Gasteiger partial charge in [0.1, 0.15) is 0 Å². The van der Waals surface area contributed by atoms with Crippen LogP contribution in [0.15, 0.2) is 0 Å². The lowest BCUT2D eigenvalue weighted by atomic mass is 10.2. The van der Waals surface area contributed by atoms with Crippen molar-refractivity contribution < 1.29 is 9.59 Å². The molecule has 0 rings (SSSR count). The summed E-state index contributed by atoms with van der Waals surface area (Å²) in [5.41, 5.74) is 0. The number of hydrogen-bond donors (Lipinski definition) is 2. The number of unbranched alkanes of at least 4 members (excludes halogenated alkanes) is 2. The van der Waals surface area contributed by atoms with Crippen molar-refractivity contribution in [2.45, 2.75) is 32.6 Å². The van der Waals surface area contributed by atoms with Crippen LogP contribution in [0.3, 0.4) is 0 Å². The van der Waals surface area contributed by atoms with E-state index in [9.17, 15) is 9.59 Å². The van der Waals surface area contributed by atoms with Crippen LogP contribution in [0.25, 0.3) is 0 Å². The molecule has 2 amide bonds. The van der Waals surface area contributed by atoms with Gasteiger partial charge in [0, 0.05) is 26.9 Å². The lowest BCUT2D eigenvalue weighted by molar-refractivity contribution is -0.121. The van der Waals surface area contributed by atoms with Crippen LogP contribution in [0.2, 0.25) is 0 Å². The molecule has 0 saturated heterocycles. The molecular formula is C9H18N2O2. The zero-order chi connectivity index (χ0) is 10.1. The summed E-state index contributed by atoms with van der Waals surface area (Å²) in [6.45, 7) is 2.22. The van der Waals surface area contributed by atoms with Gasteiger partial charge < -0.3 is 10.6 Å². The highest BCUT2D eigenvalue weighted by Gasteiger charge is 1.97. The highest BCUT2D eigenvalue weighted by atomic mass is 16.2. The summed E-state index contributed by atoms with van der Waals surface area (Å²) in [5.74, 6) is 0.0887. The monoisotopic (exact) mass is 186 g/mol. The standard InChI is InChI=1S/C9H18N2O2/c1-8(12)11-7-5-3-4-6-9(13)10-2/h3-7H2,1-2H3,(H,10,13)(H,11,12). The van der Waals surface area contributed by atoms with E-state index >= 15 is 0 Å². The summed E-state index contributed by atoms with van der Waals surface area (Å²) < 4.78 is 0. The number of nitrogens with one attached hydrogen (secondary N) is 2. The van der Waals surface area contributed by atoms with E-state index in [2.05, 4.69) is 10.6 Å². The third kappa shape index (κ3) is 8.85. The van der Waals surface area contributed by atoms with Crippen molar-refractivity contribution in [3.63, 3.8) is 0 Å².